The molecule has 3 rings (SSSR count). The molecule has 0 N–H and O–H groups in total. The second kappa shape index (κ2) is 5.37. The molecule has 1 aliphatic heterocycles. The van der Waals surface area contributed by atoms with Crippen molar-refractivity contribution in [2.45, 2.75) is 13.3 Å². The summed E-state index contributed by atoms with van der Waals surface area (Å²) in [6, 6.07) is 15.9. The molecule has 0 aliphatic carbocycles. The van der Waals surface area contributed by atoms with Crippen LogP contribution in [0.5, 0.6) is 0 Å². The van der Waals surface area contributed by atoms with Gasteiger partial charge in [-0.25, -0.2) is 4.90 Å². The molecular formula is C18H15NO2. The molecule has 1 heterocycles. The summed E-state index contributed by atoms with van der Waals surface area (Å²) >= 11 is 0. The van der Waals surface area contributed by atoms with Crippen LogP contribution in [0, 0.1) is 6.92 Å². The summed E-state index contributed by atoms with van der Waals surface area (Å²) in [5.41, 5.74) is 4.24. The average Bonchev–Trinajstić information content (AvgIpc) is 2.82. The number of imide groups is 1. The molecule has 3 heteroatoms. The summed E-state index contributed by atoms with van der Waals surface area (Å²) in [5, 5.41) is 0. The van der Waals surface area contributed by atoms with Crippen LogP contribution in [0.15, 0.2) is 60.7 Å². The molecule has 2 aromatic rings. The molecule has 0 radical (unpaired) electrons. The molecule has 0 atom stereocenters. The van der Waals surface area contributed by atoms with Gasteiger partial charge in [0.05, 0.1) is 5.69 Å². The van der Waals surface area contributed by atoms with E-state index in [4.69, 9.17) is 0 Å². The van der Waals surface area contributed by atoms with E-state index in [1.165, 1.54) is 28.2 Å². The van der Waals surface area contributed by atoms with Crippen molar-refractivity contribution in [1.29, 1.82) is 0 Å². The van der Waals surface area contributed by atoms with Crippen molar-refractivity contribution in [2.24, 2.45) is 0 Å². The predicted molar refractivity (Wildman–Crippen MR) is 82.1 cm³/mol. The van der Waals surface area contributed by atoms with Crippen molar-refractivity contribution in [3.63, 3.8) is 0 Å². The smallest absolute Gasteiger partial charge is 0.258 e. The average molecular weight is 277 g/mol. The van der Waals surface area contributed by atoms with Gasteiger partial charge < -0.3 is 0 Å². The second-order valence-corrected chi connectivity index (χ2v) is 5.17. The molecule has 2 aromatic carbocycles. The minimum atomic E-state index is -0.286. The van der Waals surface area contributed by atoms with Gasteiger partial charge in [0.2, 0.25) is 0 Å². The third kappa shape index (κ3) is 2.77. The highest BCUT2D eigenvalue weighted by Crippen LogP contribution is 2.20. The fourth-order valence-electron chi connectivity index (χ4n) is 2.36. The standard InChI is InChI=1S/C18H15NO2/c1-13-2-4-14(5-3-13)12-15-6-8-16(9-7-15)19-17(20)10-11-18(19)21/h2-11H,12H2,1H3. The first kappa shape index (κ1) is 13.3. The lowest BCUT2D eigenvalue weighted by molar-refractivity contribution is -0.119. The lowest BCUT2D eigenvalue weighted by Gasteiger charge is -2.14. The van der Waals surface area contributed by atoms with Crippen molar-refractivity contribution in [1.82, 2.24) is 0 Å². The van der Waals surface area contributed by atoms with Gasteiger partial charge in [0, 0.05) is 12.2 Å². The van der Waals surface area contributed by atoms with Crippen molar-refractivity contribution in [3.05, 3.63) is 77.4 Å². The van der Waals surface area contributed by atoms with Crippen LogP contribution in [0.2, 0.25) is 0 Å². The van der Waals surface area contributed by atoms with E-state index in [9.17, 15) is 9.59 Å². The number of carbonyl (C=O) groups excluding carboxylic acids is 2. The third-order valence-corrected chi connectivity index (χ3v) is 3.53. The molecule has 0 aromatic heterocycles. The molecule has 1 aliphatic rings. The summed E-state index contributed by atoms with van der Waals surface area (Å²) in [5.74, 6) is -0.572. The number of rotatable bonds is 3. The third-order valence-electron chi connectivity index (χ3n) is 3.53. The molecule has 0 saturated carbocycles. The zero-order valence-corrected chi connectivity index (χ0v) is 11.7. The molecule has 0 unspecified atom stereocenters. The van der Waals surface area contributed by atoms with E-state index < -0.39 is 0 Å². The van der Waals surface area contributed by atoms with Gasteiger partial charge >= 0.3 is 0 Å². The largest absolute Gasteiger partial charge is 0.269 e. The fourth-order valence-corrected chi connectivity index (χ4v) is 2.36. The zero-order valence-electron chi connectivity index (χ0n) is 11.7. The molecule has 104 valence electrons. The topological polar surface area (TPSA) is 37.4 Å². The van der Waals surface area contributed by atoms with Crippen LogP contribution in [0.25, 0.3) is 0 Å². The number of hydrogen-bond acceptors (Lipinski definition) is 2. The summed E-state index contributed by atoms with van der Waals surface area (Å²) in [6.07, 6.45) is 3.42. The quantitative estimate of drug-likeness (QED) is 0.809. The maximum Gasteiger partial charge on any atom is 0.258 e. The van der Waals surface area contributed by atoms with E-state index in [1.807, 2.05) is 24.3 Å². The summed E-state index contributed by atoms with van der Waals surface area (Å²) in [6.45, 7) is 2.07. The Hall–Kier alpha value is -2.68. The van der Waals surface area contributed by atoms with Gasteiger partial charge in [-0.15, -0.1) is 0 Å². The number of hydrogen-bond donors (Lipinski definition) is 0. The van der Waals surface area contributed by atoms with Crippen LogP contribution >= 0.6 is 0 Å². The van der Waals surface area contributed by atoms with Gasteiger partial charge in [-0.2, -0.15) is 0 Å². The summed E-state index contributed by atoms with van der Waals surface area (Å²) in [4.78, 5) is 24.4. The lowest BCUT2D eigenvalue weighted by atomic mass is 10.0. The Morgan fingerprint density at radius 1 is 0.762 bits per heavy atom. The van der Waals surface area contributed by atoms with E-state index in [0.717, 1.165) is 12.0 Å². The zero-order chi connectivity index (χ0) is 14.8. The minimum Gasteiger partial charge on any atom is -0.269 e. The normalized spacial score (nSPS) is 14.0. The Labute approximate surface area is 123 Å². The van der Waals surface area contributed by atoms with Crippen molar-refractivity contribution >= 4 is 17.5 Å². The Bertz CT molecular complexity index is 694. The van der Waals surface area contributed by atoms with Crippen molar-refractivity contribution in [3.8, 4) is 0 Å². The Morgan fingerprint density at radius 3 is 1.76 bits per heavy atom. The van der Waals surface area contributed by atoms with E-state index in [-0.39, 0.29) is 11.8 Å². The van der Waals surface area contributed by atoms with Crippen molar-refractivity contribution in [2.75, 3.05) is 4.90 Å². The second-order valence-electron chi connectivity index (χ2n) is 5.17. The molecule has 0 saturated heterocycles. The summed E-state index contributed by atoms with van der Waals surface area (Å²) in [7, 11) is 0. The van der Waals surface area contributed by atoms with Gasteiger partial charge in [-0.1, -0.05) is 42.0 Å². The van der Waals surface area contributed by atoms with Crippen LogP contribution in [0.3, 0.4) is 0 Å². The first-order chi connectivity index (χ1) is 10.1. The molecular weight excluding hydrogens is 262 g/mol. The first-order valence-electron chi connectivity index (χ1n) is 6.84. The summed E-state index contributed by atoms with van der Waals surface area (Å²) < 4.78 is 0. The number of benzene rings is 2. The molecule has 2 amide bonds. The molecule has 21 heavy (non-hydrogen) atoms. The van der Waals surface area contributed by atoms with Gasteiger partial charge in [-0.05, 0) is 36.6 Å². The van der Waals surface area contributed by atoms with E-state index in [2.05, 4.69) is 31.2 Å². The maximum absolute atomic E-state index is 11.6. The SMILES string of the molecule is Cc1ccc(Cc2ccc(N3C(=O)C=CC3=O)cc2)cc1. The number of aryl methyl sites for hydroxylation is 1. The fraction of sp³-hybridized carbons (Fsp3) is 0.111. The number of carbonyl (C=O) groups is 2. The lowest BCUT2D eigenvalue weighted by Crippen LogP contribution is -2.29. The Kier molecular flexibility index (Phi) is 3.40. The van der Waals surface area contributed by atoms with Crippen LogP contribution in [0.1, 0.15) is 16.7 Å². The van der Waals surface area contributed by atoms with Gasteiger partial charge in [0.15, 0.2) is 0 Å². The van der Waals surface area contributed by atoms with Gasteiger partial charge in [0.25, 0.3) is 11.8 Å². The van der Waals surface area contributed by atoms with Crippen LogP contribution in [0.4, 0.5) is 5.69 Å². The van der Waals surface area contributed by atoms with E-state index >= 15 is 0 Å². The minimum absolute atomic E-state index is 0.286. The maximum atomic E-state index is 11.6. The van der Waals surface area contributed by atoms with E-state index in [1.54, 1.807) is 0 Å². The van der Waals surface area contributed by atoms with E-state index in [0.29, 0.717) is 5.69 Å². The van der Waals surface area contributed by atoms with Gasteiger partial charge in [-0.3, -0.25) is 9.59 Å². The first-order valence-corrected chi connectivity index (χ1v) is 6.84. The highest BCUT2D eigenvalue weighted by molar-refractivity contribution is 6.28. The number of nitrogens with zero attached hydrogens (tertiary/aromatic N) is 1. The van der Waals surface area contributed by atoms with Crippen LogP contribution < -0.4 is 4.90 Å². The highest BCUT2D eigenvalue weighted by atomic mass is 16.2. The predicted octanol–water partition coefficient (Wildman–Crippen LogP) is 3.02. The molecule has 0 bridgehead atoms. The highest BCUT2D eigenvalue weighted by Gasteiger charge is 2.24. The number of amides is 2. The Balaban J connectivity index is 1.77. The Morgan fingerprint density at radius 2 is 1.24 bits per heavy atom. The molecule has 3 nitrogen and oxygen atoms in total. The van der Waals surface area contributed by atoms with Crippen molar-refractivity contribution < 1.29 is 9.59 Å². The van der Waals surface area contributed by atoms with Crippen LogP contribution in [-0.4, -0.2) is 11.8 Å². The molecule has 0 spiro atoms. The molecule has 0 fully saturated rings. The number of anilines is 1. The monoisotopic (exact) mass is 277 g/mol. The van der Waals surface area contributed by atoms with Crippen LogP contribution in [-0.2, 0) is 16.0 Å². The van der Waals surface area contributed by atoms with Gasteiger partial charge in [0.1, 0.15) is 0 Å².